The summed E-state index contributed by atoms with van der Waals surface area (Å²) in [4.78, 5) is 11.5. The summed E-state index contributed by atoms with van der Waals surface area (Å²) in [5, 5.41) is 1.92. The maximum atomic E-state index is 11.5. The summed E-state index contributed by atoms with van der Waals surface area (Å²) in [5.74, 6) is 0. The van der Waals surface area contributed by atoms with Gasteiger partial charge in [0.05, 0.1) is 18.1 Å². The van der Waals surface area contributed by atoms with E-state index in [1.807, 2.05) is 11.4 Å². The Kier molecular flexibility index (Phi) is 4.50. The summed E-state index contributed by atoms with van der Waals surface area (Å²) in [7, 11) is 0. The molecule has 0 atom stereocenters. The first-order valence-corrected chi connectivity index (χ1v) is 6.02. The minimum absolute atomic E-state index is 0. The molecule has 6 heteroatoms. The molecule has 13 heavy (non-hydrogen) atoms. The Balaban J connectivity index is 0.000000845. The molecule has 0 radical (unpaired) electrons. The van der Waals surface area contributed by atoms with E-state index in [1.54, 1.807) is 0 Å². The molecule has 2 rings (SSSR count). The van der Waals surface area contributed by atoms with E-state index in [0.717, 1.165) is 13.6 Å². The number of rotatable bonds is 0. The van der Waals surface area contributed by atoms with Crippen LogP contribution in [0.15, 0.2) is 24.9 Å². The van der Waals surface area contributed by atoms with Gasteiger partial charge < -0.3 is 0 Å². The predicted octanol–water partition coefficient (Wildman–Crippen LogP) is 2.73. The Hall–Kier alpha value is 1.16. The van der Waals surface area contributed by atoms with Gasteiger partial charge in [0, 0.05) is 0 Å². The molecule has 0 fully saturated rings. The van der Waals surface area contributed by atoms with Crippen LogP contribution < -0.4 is 5.43 Å². The number of thiol groups is 1. The van der Waals surface area contributed by atoms with Crippen molar-refractivity contribution in [1.29, 1.82) is 0 Å². The molecule has 1 nitrogen and oxygen atoms in total. The molecule has 0 aliphatic heterocycles. The molecule has 0 aliphatic rings. The molecule has 0 N–H and O–H groups in total. The number of thiophene rings is 1. The number of halogens is 1. The van der Waals surface area contributed by atoms with E-state index in [-0.39, 0.29) is 35.0 Å². The Bertz CT molecular complexity index is 490. The molecular weight excluding hydrogens is 299 g/mol. The first-order chi connectivity index (χ1) is 5.70. The van der Waals surface area contributed by atoms with Crippen LogP contribution in [0, 0.1) is 0 Å². The molecule has 0 aliphatic carbocycles. The Labute approximate surface area is 119 Å². The third-order valence-corrected chi connectivity index (χ3v) is 5.25. The van der Waals surface area contributed by atoms with E-state index in [9.17, 15) is 4.79 Å². The fraction of sp³-hybridized carbons (Fsp3) is 0. The second-order valence-electron chi connectivity index (χ2n) is 2.16. The zero-order chi connectivity index (χ0) is 8.72. The number of fused-ring (bicyclic) bond motifs is 1. The molecule has 0 bridgehead atoms. The third kappa shape index (κ3) is 2.22. The van der Waals surface area contributed by atoms with Crippen molar-refractivity contribution in [3.05, 3.63) is 26.1 Å². The van der Waals surface area contributed by atoms with Gasteiger partial charge in [0.1, 0.15) is 0 Å². The van der Waals surface area contributed by atoms with Crippen LogP contribution in [0.1, 0.15) is 0 Å². The van der Waals surface area contributed by atoms with Gasteiger partial charge in [-0.15, -0.1) is 35.3 Å². The summed E-state index contributed by atoms with van der Waals surface area (Å²) in [5.41, 5.74) is 0.0451. The van der Waals surface area contributed by atoms with Crippen molar-refractivity contribution >= 4 is 90.2 Å². The third-order valence-electron chi connectivity index (χ3n) is 1.43. The Morgan fingerprint density at radius 1 is 1.46 bits per heavy atom. The van der Waals surface area contributed by atoms with E-state index in [0.29, 0.717) is 4.47 Å². The van der Waals surface area contributed by atoms with Crippen LogP contribution in [0.25, 0.3) is 9.40 Å². The van der Waals surface area contributed by atoms with Gasteiger partial charge in [-0.2, -0.15) is 0 Å². The average molecular weight is 303 g/mol. The second-order valence-corrected chi connectivity index (χ2v) is 5.68. The molecule has 0 saturated carbocycles. The predicted molar refractivity (Wildman–Crippen MR) is 68.1 cm³/mol. The van der Waals surface area contributed by atoms with Gasteiger partial charge in [0.25, 0.3) is 0 Å². The van der Waals surface area contributed by atoms with Crippen molar-refractivity contribution in [2.24, 2.45) is 0 Å². The molecule has 0 saturated heterocycles. The van der Waals surface area contributed by atoms with Gasteiger partial charge in [-0.25, -0.2) is 0 Å². The summed E-state index contributed by atoms with van der Waals surface area (Å²) < 4.78 is 3.14. The molecule has 2 heterocycles. The van der Waals surface area contributed by atoms with E-state index in [2.05, 4.69) is 28.6 Å². The van der Waals surface area contributed by atoms with Crippen LogP contribution in [-0.4, -0.2) is 29.6 Å². The van der Waals surface area contributed by atoms with Crippen LogP contribution in [0.5, 0.6) is 0 Å². The van der Waals surface area contributed by atoms with Crippen LogP contribution in [0.2, 0.25) is 0 Å². The van der Waals surface area contributed by atoms with E-state index < -0.39 is 0 Å². The second kappa shape index (κ2) is 4.79. The molecule has 2 aromatic rings. The van der Waals surface area contributed by atoms with Gasteiger partial charge in [0.2, 0.25) is 5.43 Å². The fourth-order valence-electron chi connectivity index (χ4n) is 0.889. The van der Waals surface area contributed by atoms with Crippen LogP contribution >= 0.6 is 51.2 Å². The van der Waals surface area contributed by atoms with Gasteiger partial charge in [-0.3, -0.25) is 4.79 Å². The number of hydrogen-bond donors (Lipinski definition) is 1. The van der Waals surface area contributed by atoms with Crippen molar-refractivity contribution in [2.75, 3.05) is 0 Å². The number of hydrogen-bond acceptors (Lipinski definition) is 4. The van der Waals surface area contributed by atoms with Crippen LogP contribution in [0.4, 0.5) is 0 Å². The van der Waals surface area contributed by atoms with Crippen LogP contribution in [-0.2, 0) is 0 Å². The van der Waals surface area contributed by atoms with Crippen molar-refractivity contribution in [1.82, 2.24) is 0 Å². The SMILES string of the molecule is O=c1c(Br)c(S)sc2ccsc12.[NaH]. The fourth-order valence-corrected chi connectivity index (χ4v) is 3.66. The van der Waals surface area contributed by atoms with Crippen LogP contribution in [0.3, 0.4) is 0 Å². The van der Waals surface area contributed by atoms with Crippen molar-refractivity contribution in [2.45, 2.75) is 4.21 Å². The summed E-state index contributed by atoms with van der Waals surface area (Å²) in [6, 6.07) is 1.94. The Morgan fingerprint density at radius 3 is 2.85 bits per heavy atom. The molecule has 0 amide bonds. The molecule has 0 spiro atoms. The summed E-state index contributed by atoms with van der Waals surface area (Å²) in [6.07, 6.45) is 0. The normalized spacial score (nSPS) is 10.0. The Morgan fingerprint density at radius 2 is 2.15 bits per heavy atom. The minimum atomic E-state index is 0. The zero-order valence-electron chi connectivity index (χ0n) is 5.70. The first-order valence-electron chi connectivity index (χ1n) is 3.09. The summed E-state index contributed by atoms with van der Waals surface area (Å²) in [6.45, 7) is 0. The van der Waals surface area contributed by atoms with Gasteiger partial charge in [-0.1, -0.05) is 0 Å². The van der Waals surface area contributed by atoms with Crippen molar-refractivity contribution < 1.29 is 0 Å². The van der Waals surface area contributed by atoms with Gasteiger partial charge in [-0.05, 0) is 27.4 Å². The molecule has 64 valence electrons. The van der Waals surface area contributed by atoms with E-state index >= 15 is 0 Å². The van der Waals surface area contributed by atoms with Crippen molar-refractivity contribution in [3.8, 4) is 0 Å². The van der Waals surface area contributed by atoms with Crippen molar-refractivity contribution in [3.63, 3.8) is 0 Å². The zero-order valence-corrected chi connectivity index (χ0v) is 9.82. The average Bonchev–Trinajstić information content (AvgIpc) is 2.48. The maximum absolute atomic E-state index is 11.5. The monoisotopic (exact) mass is 302 g/mol. The van der Waals surface area contributed by atoms with Gasteiger partial charge >= 0.3 is 29.6 Å². The molecule has 0 aromatic carbocycles. The topological polar surface area (TPSA) is 17.1 Å². The standard InChI is InChI=1S/C7H3BrOS3.Na.H/c8-4-5(9)6-3(1-2-11-6)12-7(4)10;;/h1-2,10H;;. The molecular formula is C7H4BrNaOS3. The van der Waals surface area contributed by atoms with E-state index in [4.69, 9.17) is 0 Å². The van der Waals surface area contributed by atoms with E-state index in [1.165, 1.54) is 22.7 Å². The molecule has 0 unspecified atom stereocenters. The summed E-state index contributed by atoms with van der Waals surface area (Å²) >= 11 is 10.4. The quantitative estimate of drug-likeness (QED) is 0.585. The van der Waals surface area contributed by atoms with Gasteiger partial charge in [0.15, 0.2) is 0 Å². The molecule has 2 aromatic heterocycles. The first kappa shape index (κ1) is 12.2.